The molecule has 32 heavy (non-hydrogen) atoms. The molecule has 1 atom stereocenters. The molecule has 1 fully saturated rings. The Morgan fingerprint density at radius 3 is 2.38 bits per heavy atom. The van der Waals surface area contributed by atoms with Gasteiger partial charge in [0.1, 0.15) is 0 Å². The Balaban J connectivity index is 1.61. The number of rotatable bonds is 4. The number of hydrogen-bond acceptors (Lipinski definition) is 3. The van der Waals surface area contributed by atoms with E-state index in [9.17, 15) is 9.59 Å². The Morgan fingerprint density at radius 2 is 1.62 bits per heavy atom. The Kier molecular flexibility index (Phi) is 5.48. The van der Waals surface area contributed by atoms with Gasteiger partial charge in [-0.05, 0) is 54.3 Å². The van der Waals surface area contributed by atoms with E-state index in [0.29, 0.717) is 12.1 Å². The number of fused-ring (bicyclic) bond motifs is 1. The summed E-state index contributed by atoms with van der Waals surface area (Å²) in [7, 11) is 0. The van der Waals surface area contributed by atoms with Crippen molar-refractivity contribution in [1.29, 1.82) is 0 Å². The van der Waals surface area contributed by atoms with E-state index in [4.69, 9.17) is 0 Å². The van der Waals surface area contributed by atoms with Gasteiger partial charge in [0, 0.05) is 30.2 Å². The topological polar surface area (TPSA) is 62.3 Å². The van der Waals surface area contributed by atoms with E-state index in [-0.39, 0.29) is 11.8 Å². The lowest BCUT2D eigenvalue weighted by molar-refractivity contribution is -0.124. The van der Waals surface area contributed by atoms with Gasteiger partial charge in [-0.25, -0.2) is 0 Å². The molecule has 0 saturated heterocycles. The van der Waals surface area contributed by atoms with Crippen LogP contribution in [0.1, 0.15) is 59.5 Å². The zero-order valence-corrected chi connectivity index (χ0v) is 18.0. The Morgan fingerprint density at radius 1 is 0.938 bits per heavy atom. The van der Waals surface area contributed by atoms with E-state index < -0.39 is 11.5 Å². The number of hydrogen-bond donors (Lipinski definition) is 1. The highest BCUT2D eigenvalue weighted by atomic mass is 16.2. The summed E-state index contributed by atoms with van der Waals surface area (Å²) < 4.78 is 0. The number of nitrogens with zero attached hydrogens (tertiary/aromatic N) is 2. The third kappa shape index (κ3) is 3.48. The molecule has 2 aromatic carbocycles. The molecule has 2 heterocycles. The molecule has 1 aliphatic carbocycles. The fourth-order valence-electron chi connectivity index (χ4n) is 5.49. The molecule has 5 rings (SSSR count). The molecule has 1 aromatic heterocycles. The summed E-state index contributed by atoms with van der Waals surface area (Å²) in [5, 5.41) is 3.16. The van der Waals surface area contributed by atoms with Crippen LogP contribution in [0, 0.1) is 0 Å². The summed E-state index contributed by atoms with van der Waals surface area (Å²) in [5.74, 6) is -0.449. The van der Waals surface area contributed by atoms with Crippen LogP contribution in [0.4, 0.5) is 5.69 Å². The number of amides is 2. The van der Waals surface area contributed by atoms with Gasteiger partial charge in [0.25, 0.3) is 5.91 Å². The number of pyridine rings is 1. The summed E-state index contributed by atoms with van der Waals surface area (Å²) in [6.45, 7) is 0.440. The normalized spacial score (nSPS) is 19.4. The number of carbonyl (C=O) groups is 2. The zero-order chi connectivity index (χ0) is 22.0. The average Bonchev–Trinajstić information content (AvgIpc) is 2.85. The minimum Gasteiger partial charge on any atom is -0.351 e. The molecule has 3 aromatic rings. The van der Waals surface area contributed by atoms with Crippen molar-refractivity contribution in [3.05, 3.63) is 95.8 Å². The summed E-state index contributed by atoms with van der Waals surface area (Å²) in [4.78, 5) is 33.6. The number of carbonyl (C=O) groups excluding carboxylic acids is 2. The quantitative estimate of drug-likeness (QED) is 0.650. The molecule has 0 bridgehead atoms. The standard InChI is InChI=1S/C27H27N3O2/c31-25(29-19-20-13-17-28-18-14-20)24-22-11-5-6-12-23(22)26(32)30(21-9-3-1-4-10-21)27(24)15-7-2-8-16-27/h1,3-6,9-14,17-18,24H,2,7-8,15-16,19H2,(H,29,31). The molecule has 162 valence electrons. The molecule has 1 spiro atoms. The van der Waals surface area contributed by atoms with E-state index in [1.807, 2.05) is 71.6 Å². The Hall–Kier alpha value is -3.47. The molecule has 1 unspecified atom stereocenters. The van der Waals surface area contributed by atoms with Gasteiger partial charge in [-0.2, -0.15) is 0 Å². The molecular weight excluding hydrogens is 398 g/mol. The molecular formula is C27H27N3O2. The first kappa shape index (κ1) is 20.4. The molecule has 2 aliphatic rings. The number of para-hydroxylation sites is 1. The first-order valence-electron chi connectivity index (χ1n) is 11.4. The maximum absolute atomic E-state index is 13.8. The summed E-state index contributed by atoms with van der Waals surface area (Å²) in [6, 6.07) is 21.3. The van der Waals surface area contributed by atoms with Gasteiger partial charge in [-0.15, -0.1) is 0 Å². The Labute approximate surface area is 188 Å². The fourth-order valence-corrected chi connectivity index (χ4v) is 5.49. The second-order valence-corrected chi connectivity index (χ2v) is 8.73. The first-order valence-corrected chi connectivity index (χ1v) is 11.4. The molecule has 0 radical (unpaired) electrons. The van der Waals surface area contributed by atoms with E-state index in [0.717, 1.165) is 48.9 Å². The Bertz CT molecular complexity index is 1110. The van der Waals surface area contributed by atoms with Crippen LogP contribution in [0.3, 0.4) is 0 Å². The maximum Gasteiger partial charge on any atom is 0.259 e. The number of benzene rings is 2. The third-order valence-electron chi connectivity index (χ3n) is 6.90. The van der Waals surface area contributed by atoms with Gasteiger partial charge in [-0.1, -0.05) is 55.7 Å². The molecule has 5 nitrogen and oxygen atoms in total. The van der Waals surface area contributed by atoms with Crippen molar-refractivity contribution in [3.63, 3.8) is 0 Å². The van der Waals surface area contributed by atoms with E-state index in [2.05, 4.69) is 10.3 Å². The molecule has 1 saturated carbocycles. The van der Waals surface area contributed by atoms with Crippen molar-refractivity contribution in [3.8, 4) is 0 Å². The second kappa shape index (κ2) is 8.58. The van der Waals surface area contributed by atoms with Crippen molar-refractivity contribution in [2.45, 2.75) is 50.1 Å². The predicted molar refractivity (Wildman–Crippen MR) is 124 cm³/mol. The molecule has 1 N–H and O–H groups in total. The average molecular weight is 426 g/mol. The number of anilines is 1. The van der Waals surface area contributed by atoms with Gasteiger partial charge in [0.15, 0.2) is 0 Å². The van der Waals surface area contributed by atoms with Crippen molar-refractivity contribution in [2.75, 3.05) is 4.90 Å². The maximum atomic E-state index is 13.8. The van der Waals surface area contributed by atoms with E-state index >= 15 is 0 Å². The second-order valence-electron chi connectivity index (χ2n) is 8.73. The van der Waals surface area contributed by atoms with Gasteiger partial charge in [0.05, 0.1) is 11.5 Å². The van der Waals surface area contributed by atoms with Crippen LogP contribution in [0.2, 0.25) is 0 Å². The van der Waals surface area contributed by atoms with Crippen LogP contribution in [0.15, 0.2) is 79.1 Å². The minimum atomic E-state index is -0.562. The highest BCUT2D eigenvalue weighted by molar-refractivity contribution is 6.12. The van der Waals surface area contributed by atoms with Gasteiger partial charge in [-0.3, -0.25) is 14.6 Å². The number of nitrogens with one attached hydrogen (secondary N) is 1. The van der Waals surface area contributed by atoms with Gasteiger partial charge >= 0.3 is 0 Å². The van der Waals surface area contributed by atoms with Crippen LogP contribution >= 0.6 is 0 Å². The molecule has 5 heteroatoms. The zero-order valence-electron chi connectivity index (χ0n) is 18.0. The van der Waals surface area contributed by atoms with Crippen molar-refractivity contribution in [1.82, 2.24) is 10.3 Å². The lowest BCUT2D eigenvalue weighted by Gasteiger charge is -2.53. The van der Waals surface area contributed by atoms with E-state index in [1.165, 1.54) is 0 Å². The van der Waals surface area contributed by atoms with Crippen molar-refractivity contribution in [2.24, 2.45) is 0 Å². The minimum absolute atomic E-state index is 0.00752. The first-order chi connectivity index (χ1) is 15.7. The molecule has 2 amide bonds. The lowest BCUT2D eigenvalue weighted by Crippen LogP contribution is -2.63. The highest BCUT2D eigenvalue weighted by Gasteiger charge is 2.55. The summed E-state index contributed by atoms with van der Waals surface area (Å²) in [5.41, 5.74) is 2.77. The van der Waals surface area contributed by atoms with Crippen molar-refractivity contribution >= 4 is 17.5 Å². The third-order valence-corrected chi connectivity index (χ3v) is 6.90. The predicted octanol–water partition coefficient (Wildman–Crippen LogP) is 4.84. The highest BCUT2D eigenvalue weighted by Crippen LogP contribution is 2.50. The largest absolute Gasteiger partial charge is 0.351 e. The molecule has 1 aliphatic heterocycles. The van der Waals surface area contributed by atoms with Gasteiger partial charge < -0.3 is 10.2 Å². The van der Waals surface area contributed by atoms with Crippen LogP contribution in [0.5, 0.6) is 0 Å². The summed E-state index contributed by atoms with van der Waals surface area (Å²) in [6.07, 6.45) is 8.24. The van der Waals surface area contributed by atoms with Gasteiger partial charge in [0.2, 0.25) is 5.91 Å². The smallest absolute Gasteiger partial charge is 0.259 e. The monoisotopic (exact) mass is 425 g/mol. The van der Waals surface area contributed by atoms with Crippen molar-refractivity contribution < 1.29 is 9.59 Å². The van der Waals surface area contributed by atoms with Crippen LogP contribution in [-0.4, -0.2) is 22.3 Å². The van der Waals surface area contributed by atoms with Crippen LogP contribution < -0.4 is 10.2 Å². The van der Waals surface area contributed by atoms with E-state index in [1.54, 1.807) is 12.4 Å². The fraction of sp³-hybridized carbons (Fsp3) is 0.296. The van der Waals surface area contributed by atoms with Crippen LogP contribution in [0.25, 0.3) is 0 Å². The summed E-state index contributed by atoms with van der Waals surface area (Å²) >= 11 is 0. The SMILES string of the molecule is O=C(NCc1ccncc1)C1c2ccccc2C(=O)N(c2ccccc2)C12CCCCC2. The van der Waals surface area contributed by atoms with Crippen LogP contribution in [-0.2, 0) is 11.3 Å². The number of aromatic nitrogens is 1. The lowest BCUT2D eigenvalue weighted by atomic mass is 9.65.